The van der Waals surface area contributed by atoms with E-state index in [-0.39, 0.29) is 0 Å². The number of anilines is 1. The summed E-state index contributed by atoms with van der Waals surface area (Å²) in [5.41, 5.74) is 2.00. The molecule has 4 nitrogen and oxygen atoms in total. The van der Waals surface area contributed by atoms with Crippen LogP contribution >= 0.6 is 0 Å². The van der Waals surface area contributed by atoms with Crippen LogP contribution in [0.3, 0.4) is 0 Å². The second-order valence-electron chi connectivity index (χ2n) is 4.66. The van der Waals surface area contributed by atoms with E-state index in [0.717, 1.165) is 37.3 Å². The van der Waals surface area contributed by atoms with Crippen LogP contribution in [0.2, 0.25) is 0 Å². The fourth-order valence-electron chi connectivity index (χ4n) is 2.36. The minimum absolute atomic E-state index is 0.312. The Bertz CT molecular complexity index is 431. The van der Waals surface area contributed by atoms with E-state index in [2.05, 4.69) is 16.8 Å². The molecule has 1 aromatic rings. The van der Waals surface area contributed by atoms with Crippen LogP contribution in [-0.2, 0) is 0 Å². The third-order valence-corrected chi connectivity index (χ3v) is 3.45. The number of aryl methyl sites for hydroxylation is 1. The quantitative estimate of drug-likeness (QED) is 0.872. The van der Waals surface area contributed by atoms with Gasteiger partial charge in [0.2, 0.25) is 0 Å². The first-order valence-corrected chi connectivity index (χ1v) is 6.06. The minimum Gasteiger partial charge on any atom is -0.478 e. The zero-order valence-corrected chi connectivity index (χ0v) is 10.3. The van der Waals surface area contributed by atoms with E-state index in [1.54, 1.807) is 0 Å². The van der Waals surface area contributed by atoms with Crippen LogP contribution in [0.5, 0.6) is 0 Å². The maximum Gasteiger partial charge on any atom is 0.339 e. The van der Waals surface area contributed by atoms with Gasteiger partial charge in [-0.1, -0.05) is 13.3 Å². The Hall–Kier alpha value is -1.58. The first-order chi connectivity index (χ1) is 8.11. The van der Waals surface area contributed by atoms with E-state index in [4.69, 9.17) is 0 Å². The number of aromatic carboxylic acids is 1. The molecule has 1 aliphatic rings. The molecule has 1 fully saturated rings. The van der Waals surface area contributed by atoms with Gasteiger partial charge in [-0.2, -0.15) is 0 Å². The van der Waals surface area contributed by atoms with Gasteiger partial charge in [0.1, 0.15) is 5.56 Å². The fourth-order valence-corrected chi connectivity index (χ4v) is 2.36. The monoisotopic (exact) mass is 234 g/mol. The third-order valence-electron chi connectivity index (χ3n) is 3.45. The molecule has 0 bridgehead atoms. The van der Waals surface area contributed by atoms with E-state index in [9.17, 15) is 9.90 Å². The molecule has 0 aromatic carbocycles. The largest absolute Gasteiger partial charge is 0.478 e. The highest BCUT2D eigenvalue weighted by molar-refractivity contribution is 5.94. The van der Waals surface area contributed by atoms with E-state index in [1.165, 1.54) is 6.20 Å². The lowest BCUT2D eigenvalue weighted by Gasteiger charge is -2.20. The summed E-state index contributed by atoms with van der Waals surface area (Å²) in [5.74, 6) is -0.211. The van der Waals surface area contributed by atoms with Gasteiger partial charge in [0.15, 0.2) is 0 Å². The maximum absolute atomic E-state index is 11.2. The van der Waals surface area contributed by atoms with Crippen molar-refractivity contribution >= 4 is 11.7 Å². The second kappa shape index (κ2) is 4.73. The lowest BCUT2D eigenvalue weighted by atomic mass is 10.1. The average molecular weight is 234 g/mol. The van der Waals surface area contributed by atoms with Gasteiger partial charge in [-0.05, 0) is 25.3 Å². The van der Waals surface area contributed by atoms with Gasteiger partial charge in [-0.15, -0.1) is 0 Å². The normalized spacial score (nSPS) is 19.6. The molecule has 1 aromatic heterocycles. The standard InChI is InChI=1S/C13H18N2O2/c1-3-10-4-5-15(8-10)12-6-9(2)14-7-11(12)13(16)17/h6-7,10H,3-5,8H2,1-2H3,(H,16,17). The molecule has 0 spiro atoms. The van der Waals surface area contributed by atoms with Crippen molar-refractivity contribution in [1.82, 2.24) is 4.98 Å². The van der Waals surface area contributed by atoms with Crippen LogP contribution in [-0.4, -0.2) is 29.1 Å². The molecule has 0 radical (unpaired) electrons. The highest BCUT2D eigenvalue weighted by Crippen LogP contribution is 2.28. The van der Waals surface area contributed by atoms with Gasteiger partial charge in [-0.3, -0.25) is 4.98 Å². The van der Waals surface area contributed by atoms with Crippen LogP contribution in [0.4, 0.5) is 5.69 Å². The molecule has 92 valence electrons. The highest BCUT2D eigenvalue weighted by atomic mass is 16.4. The molecule has 1 aliphatic heterocycles. The first kappa shape index (κ1) is 11.9. The fraction of sp³-hybridized carbons (Fsp3) is 0.538. The van der Waals surface area contributed by atoms with E-state index >= 15 is 0 Å². The summed E-state index contributed by atoms with van der Waals surface area (Å²) in [6.45, 7) is 5.98. The van der Waals surface area contributed by atoms with Gasteiger partial charge in [0.25, 0.3) is 0 Å². The summed E-state index contributed by atoms with van der Waals surface area (Å²) in [5, 5.41) is 9.17. The van der Waals surface area contributed by atoms with Crippen LogP contribution in [0.1, 0.15) is 35.8 Å². The summed E-state index contributed by atoms with van der Waals surface area (Å²) < 4.78 is 0. The number of hydrogen-bond donors (Lipinski definition) is 1. The Morgan fingerprint density at radius 1 is 1.65 bits per heavy atom. The number of nitrogens with zero attached hydrogens (tertiary/aromatic N) is 2. The SMILES string of the molecule is CCC1CCN(c2cc(C)ncc2C(=O)O)C1. The molecular weight excluding hydrogens is 216 g/mol. The van der Waals surface area contributed by atoms with Crippen LogP contribution in [0, 0.1) is 12.8 Å². The predicted octanol–water partition coefficient (Wildman–Crippen LogP) is 2.32. The molecule has 1 saturated heterocycles. The van der Waals surface area contributed by atoms with Crippen molar-refractivity contribution < 1.29 is 9.90 Å². The summed E-state index contributed by atoms with van der Waals surface area (Å²) >= 11 is 0. The van der Waals surface area contributed by atoms with Gasteiger partial charge in [0, 0.05) is 25.0 Å². The Morgan fingerprint density at radius 3 is 3.00 bits per heavy atom. The van der Waals surface area contributed by atoms with Crippen molar-refractivity contribution in [3.63, 3.8) is 0 Å². The molecule has 0 saturated carbocycles. The minimum atomic E-state index is -0.896. The number of pyridine rings is 1. The zero-order chi connectivity index (χ0) is 12.4. The summed E-state index contributed by atoms with van der Waals surface area (Å²) in [6.07, 6.45) is 3.77. The smallest absolute Gasteiger partial charge is 0.339 e. The summed E-state index contributed by atoms with van der Waals surface area (Å²) in [7, 11) is 0. The van der Waals surface area contributed by atoms with Gasteiger partial charge in [0.05, 0.1) is 5.69 Å². The molecule has 0 aliphatic carbocycles. The molecule has 17 heavy (non-hydrogen) atoms. The van der Waals surface area contributed by atoms with E-state index in [0.29, 0.717) is 11.5 Å². The summed E-state index contributed by atoms with van der Waals surface area (Å²) in [6, 6.07) is 1.88. The number of carboxylic acid groups (broad SMARTS) is 1. The first-order valence-electron chi connectivity index (χ1n) is 6.06. The molecule has 1 atom stereocenters. The molecular formula is C13H18N2O2. The molecule has 2 rings (SSSR count). The zero-order valence-electron chi connectivity index (χ0n) is 10.3. The Labute approximate surface area is 101 Å². The van der Waals surface area contributed by atoms with Crippen LogP contribution < -0.4 is 4.90 Å². The molecule has 2 heterocycles. The van der Waals surface area contributed by atoms with Crippen molar-refractivity contribution in [2.45, 2.75) is 26.7 Å². The van der Waals surface area contributed by atoms with Crippen molar-refractivity contribution in [2.24, 2.45) is 5.92 Å². The van der Waals surface area contributed by atoms with Crippen LogP contribution in [0.25, 0.3) is 0 Å². The average Bonchev–Trinajstić information content (AvgIpc) is 2.76. The van der Waals surface area contributed by atoms with E-state index in [1.807, 2.05) is 13.0 Å². The predicted molar refractivity (Wildman–Crippen MR) is 66.5 cm³/mol. The van der Waals surface area contributed by atoms with Crippen LogP contribution in [0.15, 0.2) is 12.3 Å². The van der Waals surface area contributed by atoms with Crippen molar-refractivity contribution in [2.75, 3.05) is 18.0 Å². The molecule has 4 heteroatoms. The van der Waals surface area contributed by atoms with Crippen molar-refractivity contribution in [3.8, 4) is 0 Å². The van der Waals surface area contributed by atoms with E-state index < -0.39 is 5.97 Å². The molecule has 0 amide bonds. The Kier molecular flexibility index (Phi) is 3.31. The maximum atomic E-state index is 11.2. The number of carbonyl (C=O) groups is 1. The second-order valence-corrected chi connectivity index (χ2v) is 4.66. The molecule has 1 N–H and O–H groups in total. The summed E-state index contributed by atoms with van der Waals surface area (Å²) in [4.78, 5) is 17.4. The van der Waals surface area contributed by atoms with Gasteiger partial charge in [-0.25, -0.2) is 4.79 Å². The number of rotatable bonds is 3. The Morgan fingerprint density at radius 2 is 2.41 bits per heavy atom. The number of aromatic nitrogens is 1. The lowest BCUT2D eigenvalue weighted by Crippen LogP contribution is -2.22. The topological polar surface area (TPSA) is 53.4 Å². The van der Waals surface area contributed by atoms with Crippen molar-refractivity contribution in [1.29, 1.82) is 0 Å². The lowest BCUT2D eigenvalue weighted by molar-refractivity contribution is 0.0697. The third kappa shape index (κ3) is 2.40. The number of hydrogen-bond acceptors (Lipinski definition) is 3. The Balaban J connectivity index is 2.31. The number of carboxylic acids is 1. The highest BCUT2D eigenvalue weighted by Gasteiger charge is 2.24. The molecule has 1 unspecified atom stereocenters. The van der Waals surface area contributed by atoms with Gasteiger partial charge < -0.3 is 10.0 Å². The van der Waals surface area contributed by atoms with Crippen molar-refractivity contribution in [3.05, 3.63) is 23.5 Å². The van der Waals surface area contributed by atoms with Gasteiger partial charge >= 0.3 is 5.97 Å².